The normalized spacial score (nSPS) is 17.0. The molecule has 1 atom stereocenters. The summed E-state index contributed by atoms with van der Waals surface area (Å²) in [5.74, 6) is 3.52. The summed E-state index contributed by atoms with van der Waals surface area (Å²) in [6.07, 6.45) is 8.12. The predicted octanol–water partition coefficient (Wildman–Crippen LogP) is 4.47. The van der Waals surface area contributed by atoms with Gasteiger partial charge in [-0.2, -0.15) is 0 Å². The zero-order valence-corrected chi connectivity index (χ0v) is 19.1. The first-order valence-corrected chi connectivity index (χ1v) is 11.0. The molecule has 3 rings (SSSR count). The van der Waals surface area contributed by atoms with Crippen LogP contribution in [0.3, 0.4) is 0 Å². The minimum atomic E-state index is -0.222. The quantitative estimate of drug-likeness (QED) is 0.321. The van der Waals surface area contributed by atoms with Crippen LogP contribution in [-0.2, 0) is 11.2 Å². The van der Waals surface area contributed by atoms with Gasteiger partial charge in [0.25, 0.3) is 5.91 Å². The van der Waals surface area contributed by atoms with E-state index in [-0.39, 0.29) is 18.0 Å². The molecule has 1 fully saturated rings. The fraction of sp³-hybridized carbons (Fsp3) is 0.227. The van der Waals surface area contributed by atoms with E-state index in [1.165, 1.54) is 17.3 Å². The van der Waals surface area contributed by atoms with E-state index in [4.69, 9.17) is 15.9 Å². The molecule has 150 valence electrons. The van der Waals surface area contributed by atoms with Gasteiger partial charge in [0.05, 0.1) is 15.6 Å². The molecular weight excluding hydrogens is 499 g/mol. The third-order valence-electron chi connectivity index (χ3n) is 4.24. The molecule has 1 aliphatic heterocycles. The number of aryl methyl sites for hydroxylation is 1. The standard InChI is InChI=1S/C22H21IN2O3S/c1-4-10-28-20-17(23)11-15(12-18(20)27-3)13-19-21(26)25-22(29-19)24-16-8-6-14(5-2)7-9-16/h1,6-9,11-13,22,24H,5,10H2,2-3H3,(H,25,26)/b19-13-/t22-/m0/s1. The number of benzene rings is 2. The van der Waals surface area contributed by atoms with Crippen molar-refractivity contribution in [1.82, 2.24) is 5.32 Å². The summed E-state index contributed by atoms with van der Waals surface area (Å²) >= 11 is 3.61. The van der Waals surface area contributed by atoms with E-state index in [2.05, 4.69) is 58.2 Å². The molecule has 0 saturated carbocycles. The molecular formula is C22H21IN2O3S. The summed E-state index contributed by atoms with van der Waals surface area (Å²) in [6, 6.07) is 12.0. The number of carbonyl (C=O) groups is 1. The van der Waals surface area contributed by atoms with Crippen LogP contribution in [0.1, 0.15) is 18.1 Å². The average Bonchev–Trinajstić information content (AvgIpc) is 3.06. The molecule has 2 aromatic rings. The molecule has 1 aliphatic rings. The van der Waals surface area contributed by atoms with Gasteiger partial charge in [0, 0.05) is 5.69 Å². The van der Waals surface area contributed by atoms with Gasteiger partial charge in [-0.15, -0.1) is 6.42 Å². The second-order valence-electron chi connectivity index (χ2n) is 6.20. The molecule has 7 heteroatoms. The van der Waals surface area contributed by atoms with Crippen LogP contribution in [-0.4, -0.2) is 25.1 Å². The Hall–Kier alpha value is -2.31. The van der Waals surface area contributed by atoms with Gasteiger partial charge in [0.2, 0.25) is 0 Å². The average molecular weight is 520 g/mol. The fourth-order valence-electron chi connectivity index (χ4n) is 2.78. The molecule has 0 aromatic heterocycles. The van der Waals surface area contributed by atoms with Crippen LogP contribution in [0.2, 0.25) is 0 Å². The van der Waals surface area contributed by atoms with Gasteiger partial charge in [0.15, 0.2) is 17.0 Å². The molecule has 1 heterocycles. The van der Waals surface area contributed by atoms with Gasteiger partial charge in [0.1, 0.15) is 6.61 Å². The molecule has 0 unspecified atom stereocenters. The molecule has 29 heavy (non-hydrogen) atoms. The highest BCUT2D eigenvalue weighted by Gasteiger charge is 2.27. The van der Waals surface area contributed by atoms with Crippen molar-refractivity contribution in [3.8, 4) is 23.8 Å². The Morgan fingerprint density at radius 1 is 1.34 bits per heavy atom. The highest BCUT2D eigenvalue weighted by Crippen LogP contribution is 2.36. The van der Waals surface area contributed by atoms with Crippen LogP contribution in [0.15, 0.2) is 41.3 Å². The molecule has 1 saturated heterocycles. The summed E-state index contributed by atoms with van der Waals surface area (Å²) in [5, 5.41) is 6.28. The third kappa shape index (κ3) is 5.40. The molecule has 2 N–H and O–H groups in total. The first-order chi connectivity index (χ1) is 14.0. The number of hydrogen-bond donors (Lipinski definition) is 2. The molecule has 5 nitrogen and oxygen atoms in total. The van der Waals surface area contributed by atoms with Crippen LogP contribution in [0, 0.1) is 15.9 Å². The van der Waals surface area contributed by atoms with Crippen molar-refractivity contribution in [3.63, 3.8) is 0 Å². The van der Waals surface area contributed by atoms with Crippen molar-refractivity contribution in [2.75, 3.05) is 19.0 Å². The van der Waals surface area contributed by atoms with E-state index < -0.39 is 0 Å². The van der Waals surface area contributed by atoms with Gasteiger partial charge < -0.3 is 20.1 Å². The number of thioether (sulfide) groups is 1. The maximum absolute atomic E-state index is 12.4. The van der Waals surface area contributed by atoms with E-state index in [0.717, 1.165) is 21.2 Å². The number of terminal acetylenes is 1. The maximum atomic E-state index is 12.4. The first-order valence-electron chi connectivity index (χ1n) is 9.02. The van der Waals surface area contributed by atoms with Gasteiger partial charge >= 0.3 is 0 Å². The Kier molecular flexibility index (Phi) is 7.34. The summed E-state index contributed by atoms with van der Waals surface area (Å²) in [4.78, 5) is 13.0. The Morgan fingerprint density at radius 3 is 2.76 bits per heavy atom. The largest absolute Gasteiger partial charge is 0.493 e. The molecule has 1 amide bonds. The van der Waals surface area contributed by atoms with Crippen LogP contribution < -0.4 is 20.1 Å². The van der Waals surface area contributed by atoms with Crippen molar-refractivity contribution in [3.05, 3.63) is 56.0 Å². The SMILES string of the molecule is C#CCOc1c(I)cc(/C=C2\S[C@@H](Nc3ccc(CC)cc3)NC2=O)cc1OC. The minimum absolute atomic E-state index is 0.112. The maximum Gasteiger partial charge on any atom is 0.260 e. The number of rotatable bonds is 7. The number of carbonyl (C=O) groups excluding carboxylic acids is 1. The Balaban J connectivity index is 1.75. The minimum Gasteiger partial charge on any atom is -0.493 e. The van der Waals surface area contributed by atoms with E-state index in [0.29, 0.717) is 16.4 Å². The van der Waals surface area contributed by atoms with Crippen LogP contribution >= 0.6 is 34.4 Å². The highest BCUT2D eigenvalue weighted by atomic mass is 127. The lowest BCUT2D eigenvalue weighted by Gasteiger charge is -2.13. The monoisotopic (exact) mass is 520 g/mol. The van der Waals surface area contributed by atoms with Crippen LogP contribution in [0.25, 0.3) is 6.08 Å². The molecule has 0 aliphatic carbocycles. The van der Waals surface area contributed by atoms with Crippen LogP contribution in [0.5, 0.6) is 11.5 Å². The number of hydrogen-bond acceptors (Lipinski definition) is 5. The number of halogens is 1. The zero-order chi connectivity index (χ0) is 20.8. The summed E-state index contributed by atoms with van der Waals surface area (Å²) in [6.45, 7) is 2.29. The fourth-order valence-corrected chi connectivity index (χ4v) is 4.55. The number of amides is 1. The number of anilines is 1. The third-order valence-corrected chi connectivity index (χ3v) is 6.07. The van der Waals surface area contributed by atoms with Gasteiger partial charge in [-0.3, -0.25) is 4.79 Å². The lowest BCUT2D eigenvalue weighted by Crippen LogP contribution is -2.30. The van der Waals surface area contributed by atoms with E-state index in [1.807, 2.05) is 30.3 Å². The lowest BCUT2D eigenvalue weighted by atomic mass is 10.1. The van der Waals surface area contributed by atoms with Crippen LogP contribution in [0.4, 0.5) is 5.69 Å². The summed E-state index contributed by atoms with van der Waals surface area (Å²) < 4.78 is 11.9. The molecule has 0 bridgehead atoms. The summed E-state index contributed by atoms with van der Waals surface area (Å²) in [7, 11) is 1.58. The zero-order valence-electron chi connectivity index (χ0n) is 16.1. The second-order valence-corrected chi connectivity index (χ2v) is 8.51. The Labute approximate surface area is 188 Å². The van der Waals surface area contributed by atoms with Gasteiger partial charge in [-0.25, -0.2) is 0 Å². The second kappa shape index (κ2) is 9.94. The Morgan fingerprint density at radius 2 is 2.10 bits per heavy atom. The van der Waals surface area contributed by atoms with Gasteiger partial charge in [-0.05, 0) is 70.5 Å². The smallest absolute Gasteiger partial charge is 0.260 e. The lowest BCUT2D eigenvalue weighted by molar-refractivity contribution is -0.116. The van der Waals surface area contributed by atoms with E-state index >= 15 is 0 Å². The van der Waals surface area contributed by atoms with Crippen molar-refractivity contribution in [2.45, 2.75) is 18.8 Å². The van der Waals surface area contributed by atoms with Crippen molar-refractivity contribution >= 4 is 52.0 Å². The summed E-state index contributed by atoms with van der Waals surface area (Å²) in [5.41, 5.74) is 2.87. The number of ether oxygens (including phenoxy) is 2. The van der Waals surface area contributed by atoms with E-state index in [9.17, 15) is 4.79 Å². The molecule has 0 radical (unpaired) electrons. The number of methoxy groups -OCH3 is 1. The Bertz CT molecular complexity index is 967. The van der Waals surface area contributed by atoms with Gasteiger partial charge in [-0.1, -0.05) is 36.7 Å². The molecule has 0 spiro atoms. The molecule has 2 aromatic carbocycles. The van der Waals surface area contributed by atoms with Crippen molar-refractivity contribution in [2.24, 2.45) is 0 Å². The van der Waals surface area contributed by atoms with Crippen molar-refractivity contribution in [1.29, 1.82) is 0 Å². The number of nitrogens with one attached hydrogen (secondary N) is 2. The predicted molar refractivity (Wildman–Crippen MR) is 127 cm³/mol. The highest BCUT2D eigenvalue weighted by molar-refractivity contribution is 14.1. The van der Waals surface area contributed by atoms with E-state index in [1.54, 1.807) is 7.11 Å². The first kappa shape index (κ1) is 21.4. The van der Waals surface area contributed by atoms with Crippen molar-refractivity contribution < 1.29 is 14.3 Å². The topological polar surface area (TPSA) is 59.6 Å².